The normalized spacial score (nSPS) is 35.4. The van der Waals surface area contributed by atoms with Crippen LogP contribution in [0.4, 0.5) is 22.0 Å². The van der Waals surface area contributed by atoms with Gasteiger partial charge < -0.3 is 5.11 Å². The van der Waals surface area contributed by atoms with Gasteiger partial charge in [0.2, 0.25) is 0 Å². The maximum absolute atomic E-state index is 14.8. The van der Waals surface area contributed by atoms with Crippen molar-refractivity contribution in [2.75, 3.05) is 24.6 Å². The Balaban J connectivity index is 1.29. The van der Waals surface area contributed by atoms with E-state index in [4.69, 9.17) is 0 Å². The van der Waals surface area contributed by atoms with Crippen LogP contribution in [0.1, 0.15) is 68.9 Å². The average molecular weight is 614 g/mol. The third-order valence-electron chi connectivity index (χ3n) is 11.0. The molecule has 1 aromatic carbocycles. The van der Waals surface area contributed by atoms with Gasteiger partial charge in [-0.1, -0.05) is 36.8 Å². The zero-order valence-electron chi connectivity index (χ0n) is 23.5. The number of carbonyl (C=O) groups excluding carboxylic acids is 1. The summed E-state index contributed by atoms with van der Waals surface area (Å²) in [5.41, 5.74) is 0.230. The highest BCUT2D eigenvalue weighted by atomic mass is 32.2. The van der Waals surface area contributed by atoms with E-state index < -0.39 is 45.3 Å². The fourth-order valence-corrected chi connectivity index (χ4v) is 9.98. The quantitative estimate of drug-likeness (QED) is 0.439. The second kappa shape index (κ2) is 9.95. The monoisotopic (exact) mass is 613 g/mol. The molecule has 0 radical (unpaired) electrons. The van der Waals surface area contributed by atoms with E-state index in [2.05, 4.69) is 4.90 Å². The number of hydrogen-bond donors (Lipinski definition) is 1. The van der Waals surface area contributed by atoms with Crippen LogP contribution in [-0.2, 0) is 21.2 Å². The van der Waals surface area contributed by atoms with Gasteiger partial charge in [-0.05, 0) is 78.7 Å². The highest BCUT2D eigenvalue weighted by molar-refractivity contribution is 7.91. The van der Waals surface area contributed by atoms with Crippen LogP contribution >= 0.6 is 0 Å². The summed E-state index contributed by atoms with van der Waals surface area (Å²) >= 11 is 0. The van der Waals surface area contributed by atoms with Crippen LogP contribution in [0.2, 0.25) is 0 Å². The molecule has 2 saturated carbocycles. The minimum Gasteiger partial charge on any atom is -0.383 e. The lowest BCUT2D eigenvalue weighted by Crippen LogP contribution is -2.64. The molecule has 0 aromatic heterocycles. The molecule has 230 valence electrons. The van der Waals surface area contributed by atoms with Crippen molar-refractivity contribution in [1.82, 2.24) is 4.90 Å². The van der Waals surface area contributed by atoms with Crippen LogP contribution in [0.15, 0.2) is 47.1 Å². The second-order valence-corrected chi connectivity index (χ2v) is 15.4. The molecule has 4 aliphatic carbocycles. The largest absolute Gasteiger partial charge is 0.456 e. The lowest BCUT2D eigenvalue weighted by Gasteiger charge is -2.53. The molecule has 0 bridgehead atoms. The number of ketones is 1. The molecule has 42 heavy (non-hydrogen) atoms. The summed E-state index contributed by atoms with van der Waals surface area (Å²) in [6.45, 7) is 3.00. The van der Waals surface area contributed by atoms with Crippen molar-refractivity contribution >= 4 is 15.6 Å². The van der Waals surface area contributed by atoms with E-state index in [0.29, 0.717) is 38.9 Å². The summed E-state index contributed by atoms with van der Waals surface area (Å²) in [6, 6.07) is 7.94. The lowest BCUT2D eigenvalue weighted by atomic mass is 9.53. The SMILES string of the molecule is C[C@]12CCC3=C4C(=CC(=O)CC4c4ccc(CN5CCS(=O)(=O)CC5)cc4)CC[C@H]3[C@@H]1CCC2(O)C(F)(F)C(F)(F)F. The number of benzene rings is 1. The predicted octanol–water partition coefficient (Wildman–Crippen LogP) is 5.75. The Morgan fingerprint density at radius 1 is 1.00 bits per heavy atom. The van der Waals surface area contributed by atoms with Crippen LogP contribution in [0, 0.1) is 17.3 Å². The lowest BCUT2D eigenvalue weighted by molar-refractivity contribution is -0.362. The van der Waals surface area contributed by atoms with Crippen molar-refractivity contribution in [2.24, 2.45) is 17.3 Å². The van der Waals surface area contributed by atoms with Crippen molar-refractivity contribution in [3.63, 3.8) is 0 Å². The van der Waals surface area contributed by atoms with Crippen molar-refractivity contribution in [2.45, 2.75) is 82.0 Å². The number of sulfone groups is 1. The second-order valence-electron chi connectivity index (χ2n) is 13.1. The van der Waals surface area contributed by atoms with Gasteiger partial charge >= 0.3 is 12.1 Å². The van der Waals surface area contributed by atoms with Gasteiger partial charge in [-0.2, -0.15) is 22.0 Å². The molecule has 0 amide bonds. The highest BCUT2D eigenvalue weighted by Gasteiger charge is 2.78. The van der Waals surface area contributed by atoms with Gasteiger partial charge in [-0.15, -0.1) is 0 Å². The van der Waals surface area contributed by atoms with Gasteiger partial charge in [0.05, 0.1) is 11.5 Å². The summed E-state index contributed by atoms with van der Waals surface area (Å²) in [5, 5.41) is 11.1. The highest BCUT2D eigenvalue weighted by Crippen LogP contribution is 2.68. The van der Waals surface area contributed by atoms with Crippen LogP contribution in [0.25, 0.3) is 0 Å². The van der Waals surface area contributed by atoms with E-state index in [9.17, 15) is 40.3 Å². The van der Waals surface area contributed by atoms with Gasteiger partial charge in [0.15, 0.2) is 15.6 Å². The summed E-state index contributed by atoms with van der Waals surface area (Å²) in [5.74, 6) is -5.87. The molecule has 1 aliphatic heterocycles. The van der Waals surface area contributed by atoms with Crippen LogP contribution in [-0.4, -0.2) is 66.5 Å². The van der Waals surface area contributed by atoms with E-state index in [-0.39, 0.29) is 48.4 Å². The standard InChI is InChI=1S/C31H36F5NO4S/c1-28-10-8-24-23(26(28)9-11-29(28,39)30(32,33)31(34,35)36)7-6-21-16-22(38)17-25(27(21)24)20-4-2-19(3-5-20)18-37-12-14-42(40,41)15-13-37/h2-5,16,23,25-26,39H,6-15,17-18H2,1H3/t23-,25?,26+,28+,29?/m1/s1. The van der Waals surface area contributed by atoms with Gasteiger partial charge in [-0.3, -0.25) is 9.69 Å². The molecule has 5 aliphatic rings. The third-order valence-corrected chi connectivity index (χ3v) is 12.6. The molecule has 11 heteroatoms. The molecular formula is C31H36F5NO4S. The molecule has 1 N–H and O–H groups in total. The molecule has 1 saturated heterocycles. The number of halogens is 5. The minimum atomic E-state index is -5.84. The van der Waals surface area contributed by atoms with Crippen molar-refractivity contribution in [3.8, 4) is 0 Å². The van der Waals surface area contributed by atoms with Crippen molar-refractivity contribution in [3.05, 3.63) is 58.2 Å². The maximum atomic E-state index is 14.8. The average Bonchev–Trinajstić information content (AvgIpc) is 3.21. The van der Waals surface area contributed by atoms with E-state index in [1.54, 1.807) is 6.08 Å². The number of allylic oxidation sites excluding steroid dienone is 4. The first-order valence-corrected chi connectivity index (χ1v) is 16.5. The zero-order valence-corrected chi connectivity index (χ0v) is 24.3. The molecule has 5 nitrogen and oxygen atoms in total. The third kappa shape index (κ3) is 4.60. The van der Waals surface area contributed by atoms with E-state index in [0.717, 1.165) is 27.8 Å². The molecule has 2 unspecified atom stereocenters. The van der Waals surface area contributed by atoms with Gasteiger partial charge in [0, 0.05) is 37.4 Å². The Morgan fingerprint density at radius 2 is 1.67 bits per heavy atom. The Hall–Kier alpha value is -2.11. The number of nitrogens with zero attached hydrogens (tertiary/aromatic N) is 1. The first kappa shape index (κ1) is 29.9. The van der Waals surface area contributed by atoms with E-state index >= 15 is 0 Å². The Labute approximate surface area is 242 Å². The summed E-state index contributed by atoms with van der Waals surface area (Å²) in [6.07, 6.45) is -2.99. The Morgan fingerprint density at radius 3 is 2.31 bits per heavy atom. The van der Waals surface area contributed by atoms with E-state index in [1.165, 1.54) is 6.92 Å². The molecular weight excluding hydrogens is 577 g/mol. The van der Waals surface area contributed by atoms with Crippen LogP contribution in [0.3, 0.4) is 0 Å². The summed E-state index contributed by atoms with van der Waals surface area (Å²) in [7, 11) is -2.97. The first-order valence-electron chi connectivity index (χ1n) is 14.7. The number of fused-ring (bicyclic) bond motifs is 4. The van der Waals surface area contributed by atoms with Gasteiger partial charge in [0.25, 0.3) is 0 Å². The summed E-state index contributed by atoms with van der Waals surface area (Å²) in [4.78, 5) is 14.9. The summed E-state index contributed by atoms with van der Waals surface area (Å²) < 4.78 is 93.6. The topological polar surface area (TPSA) is 74.7 Å². The number of alkyl halides is 5. The fraction of sp³-hybridized carbons (Fsp3) is 0.645. The number of aliphatic hydroxyl groups is 1. The Kier molecular flexibility index (Phi) is 7.10. The Bertz CT molecular complexity index is 1440. The van der Waals surface area contributed by atoms with Gasteiger partial charge in [-0.25, -0.2) is 8.42 Å². The number of rotatable bonds is 4. The smallest absolute Gasteiger partial charge is 0.383 e. The van der Waals surface area contributed by atoms with Crippen LogP contribution in [0.5, 0.6) is 0 Å². The van der Waals surface area contributed by atoms with Crippen molar-refractivity contribution in [1.29, 1.82) is 0 Å². The predicted molar refractivity (Wildman–Crippen MR) is 147 cm³/mol. The van der Waals surface area contributed by atoms with Crippen LogP contribution < -0.4 is 0 Å². The molecule has 1 heterocycles. The number of carbonyl (C=O) groups is 1. The number of hydrogen-bond acceptors (Lipinski definition) is 5. The molecule has 3 fully saturated rings. The van der Waals surface area contributed by atoms with Gasteiger partial charge in [0.1, 0.15) is 5.60 Å². The molecule has 0 spiro atoms. The maximum Gasteiger partial charge on any atom is 0.456 e. The fourth-order valence-electron chi connectivity index (χ4n) is 8.71. The van der Waals surface area contributed by atoms with E-state index in [1.807, 2.05) is 24.3 Å². The molecule has 5 atom stereocenters. The molecule has 1 aromatic rings. The molecule has 6 rings (SSSR count). The van der Waals surface area contributed by atoms with Crippen molar-refractivity contribution < 1.29 is 40.3 Å². The first-order chi connectivity index (χ1) is 19.6. The minimum absolute atomic E-state index is 0.0112. The zero-order chi connectivity index (χ0) is 30.3.